The van der Waals surface area contributed by atoms with E-state index in [-0.39, 0.29) is 0 Å². The minimum absolute atomic E-state index is 0.472. The van der Waals surface area contributed by atoms with Gasteiger partial charge in [0.25, 0.3) is 0 Å². The Bertz CT molecular complexity index is 138. The molecule has 2 bridgehead atoms. The van der Waals surface area contributed by atoms with Gasteiger partial charge in [0.2, 0.25) is 0 Å². The average molecular weight is 253 g/mol. The van der Waals surface area contributed by atoms with E-state index in [1.165, 1.54) is 19.5 Å². The molecule has 2 atom stereocenters. The van der Waals surface area contributed by atoms with E-state index in [1.54, 1.807) is 0 Å². The van der Waals surface area contributed by atoms with Crippen LogP contribution in [0.2, 0.25) is 0 Å². The van der Waals surface area contributed by atoms with Crippen molar-refractivity contribution in [2.45, 2.75) is 14.5 Å². The summed E-state index contributed by atoms with van der Waals surface area (Å²) in [6, 6.07) is 0. The van der Waals surface area contributed by atoms with Gasteiger partial charge < -0.3 is 0 Å². The Kier molecular flexibility index (Phi) is 1.90. The minimum atomic E-state index is 0.472. The van der Waals surface area contributed by atoms with Crippen molar-refractivity contribution in [1.29, 1.82) is 0 Å². The predicted molar refractivity (Wildman–Crippen MR) is 37.5 cm³/mol. The third-order valence-electron chi connectivity index (χ3n) is 2.41. The Hall–Kier alpha value is 0.650. The molecule has 0 aromatic heterocycles. The summed E-state index contributed by atoms with van der Waals surface area (Å²) in [7, 11) is 4.56. The number of alkyl halides is 2. The quantitative estimate of drug-likeness (QED) is 0.258. The molecule has 2 aliphatic heterocycles. The second-order valence-electron chi connectivity index (χ2n) is 3.20. The van der Waals surface area contributed by atoms with E-state index in [0.717, 1.165) is 8.10 Å². The van der Waals surface area contributed by atoms with Gasteiger partial charge in [-0.15, -0.1) is 0 Å². The number of nitrogens with zero attached hydrogens (tertiary/aromatic N) is 2. The summed E-state index contributed by atoms with van der Waals surface area (Å²) >= 11 is 0.472. The van der Waals surface area contributed by atoms with Gasteiger partial charge in [0.1, 0.15) is 0 Å². The van der Waals surface area contributed by atoms with Crippen LogP contribution in [0.1, 0.15) is 6.42 Å². The fourth-order valence-corrected chi connectivity index (χ4v) is 5.67. The van der Waals surface area contributed by atoms with Crippen LogP contribution in [-0.2, 0) is 0 Å². The number of fused-ring (bicyclic) bond motifs is 2. The molecule has 0 saturated carbocycles. The molecule has 0 radical (unpaired) electrons. The Balaban J connectivity index is 2.08. The van der Waals surface area contributed by atoms with Crippen LogP contribution >= 0.6 is 0 Å². The Labute approximate surface area is 72.8 Å². The van der Waals surface area contributed by atoms with Gasteiger partial charge in [-0.3, -0.25) is 0 Å². The van der Waals surface area contributed by atoms with Gasteiger partial charge in [-0.2, -0.15) is 0 Å². The Morgan fingerprint density at radius 2 is 2.00 bits per heavy atom. The molecular formula is C7H14IN2-. The summed E-state index contributed by atoms with van der Waals surface area (Å²) in [5, 5.41) is 0. The van der Waals surface area contributed by atoms with Gasteiger partial charge in [-0.05, 0) is 0 Å². The van der Waals surface area contributed by atoms with Crippen molar-refractivity contribution in [3.05, 3.63) is 0 Å². The SMILES string of the molecule is CN1CCC2[I-]C1CN2C. The fraction of sp³-hybridized carbons (Fsp3) is 1.00. The molecule has 2 aliphatic rings. The average Bonchev–Trinajstić information content (AvgIpc) is 2.21. The van der Waals surface area contributed by atoms with Crippen LogP contribution in [0.25, 0.3) is 0 Å². The second kappa shape index (κ2) is 2.60. The topological polar surface area (TPSA) is 6.48 Å². The third-order valence-corrected chi connectivity index (χ3v) is 6.99. The number of hydrogen-bond donors (Lipinski definition) is 0. The first-order chi connectivity index (χ1) is 4.77. The van der Waals surface area contributed by atoms with Crippen molar-refractivity contribution in [2.24, 2.45) is 0 Å². The van der Waals surface area contributed by atoms with Crippen LogP contribution in [0.3, 0.4) is 0 Å². The summed E-state index contributed by atoms with van der Waals surface area (Å²) in [6.45, 7) is 2.67. The van der Waals surface area contributed by atoms with Gasteiger partial charge in [0.15, 0.2) is 0 Å². The first kappa shape index (κ1) is 7.31. The Morgan fingerprint density at radius 3 is 2.70 bits per heavy atom. The van der Waals surface area contributed by atoms with E-state index >= 15 is 0 Å². The first-order valence-electron chi connectivity index (χ1n) is 3.80. The van der Waals surface area contributed by atoms with E-state index in [4.69, 9.17) is 0 Å². The zero-order valence-corrected chi connectivity index (χ0v) is 8.71. The first-order valence-corrected chi connectivity index (χ1v) is 6.29. The molecule has 0 amide bonds. The van der Waals surface area contributed by atoms with Crippen LogP contribution in [0.15, 0.2) is 0 Å². The Morgan fingerprint density at radius 1 is 1.20 bits per heavy atom. The third kappa shape index (κ3) is 1.08. The molecule has 0 N–H and O–H groups in total. The molecule has 2 rings (SSSR count). The summed E-state index contributed by atoms with van der Waals surface area (Å²) in [4.78, 5) is 5.11. The molecule has 2 unspecified atom stereocenters. The number of likely N-dealkylation sites (N-methyl/N-ethyl adjacent to an activating group) is 2. The van der Waals surface area contributed by atoms with Crippen LogP contribution in [0.4, 0.5) is 0 Å². The van der Waals surface area contributed by atoms with E-state index < -0.39 is 0 Å². The van der Waals surface area contributed by atoms with E-state index in [1.807, 2.05) is 0 Å². The molecule has 2 nitrogen and oxygen atoms in total. The van der Waals surface area contributed by atoms with Crippen molar-refractivity contribution in [2.75, 3.05) is 27.2 Å². The van der Waals surface area contributed by atoms with Gasteiger partial charge in [0.05, 0.1) is 0 Å². The van der Waals surface area contributed by atoms with Crippen molar-refractivity contribution in [1.82, 2.24) is 9.80 Å². The van der Waals surface area contributed by atoms with Crippen molar-refractivity contribution in [3.63, 3.8) is 0 Å². The normalized spacial score (nSPS) is 43.4. The maximum atomic E-state index is 2.56. The maximum absolute atomic E-state index is 2.56. The molecule has 10 heavy (non-hydrogen) atoms. The summed E-state index contributed by atoms with van der Waals surface area (Å²) in [5.41, 5.74) is 0. The molecule has 2 fully saturated rings. The van der Waals surface area contributed by atoms with Gasteiger partial charge in [-0.25, -0.2) is 0 Å². The number of hydrogen-bond acceptors (Lipinski definition) is 2. The molecule has 0 aromatic rings. The number of halogens is 1. The van der Waals surface area contributed by atoms with Crippen molar-refractivity contribution in [3.8, 4) is 0 Å². The van der Waals surface area contributed by atoms with Gasteiger partial charge in [0, 0.05) is 0 Å². The molecule has 0 aliphatic carbocycles. The molecule has 0 spiro atoms. The molecular weight excluding hydrogens is 239 g/mol. The second-order valence-corrected chi connectivity index (χ2v) is 6.80. The fourth-order valence-electron chi connectivity index (χ4n) is 1.63. The summed E-state index contributed by atoms with van der Waals surface area (Å²) in [5.74, 6) is 0. The zero-order valence-electron chi connectivity index (χ0n) is 6.55. The predicted octanol–water partition coefficient (Wildman–Crippen LogP) is -2.99. The van der Waals surface area contributed by atoms with Crippen LogP contribution in [0, 0.1) is 0 Å². The summed E-state index contributed by atoms with van der Waals surface area (Å²) < 4.78 is 1.99. The standard InChI is InChI=1S/C7H14IN2/c1-9-4-3-6-8-7(9)5-10(6)2/h6-7H,3-5H2,1-2H3/q-1. The monoisotopic (exact) mass is 253 g/mol. The molecule has 0 aromatic carbocycles. The van der Waals surface area contributed by atoms with Crippen molar-refractivity contribution >= 4 is 0 Å². The summed E-state index contributed by atoms with van der Waals surface area (Å²) in [6.07, 6.45) is 1.43. The van der Waals surface area contributed by atoms with Crippen LogP contribution in [-0.4, -0.2) is 45.1 Å². The molecule has 2 heterocycles. The molecule has 2 saturated heterocycles. The van der Waals surface area contributed by atoms with E-state index in [9.17, 15) is 0 Å². The molecule has 60 valence electrons. The van der Waals surface area contributed by atoms with Crippen molar-refractivity contribution < 1.29 is 21.2 Å². The number of rotatable bonds is 0. The van der Waals surface area contributed by atoms with Crippen LogP contribution < -0.4 is 21.2 Å². The zero-order chi connectivity index (χ0) is 7.14. The van der Waals surface area contributed by atoms with E-state index in [0.29, 0.717) is 21.2 Å². The van der Waals surface area contributed by atoms with Gasteiger partial charge in [-0.1, -0.05) is 0 Å². The van der Waals surface area contributed by atoms with Gasteiger partial charge >= 0.3 is 72.7 Å². The van der Waals surface area contributed by atoms with Crippen LogP contribution in [0.5, 0.6) is 0 Å². The van der Waals surface area contributed by atoms with E-state index in [2.05, 4.69) is 23.9 Å². The molecule has 3 heteroatoms.